The molecule has 0 aromatic heterocycles. The van der Waals surface area contributed by atoms with Crippen molar-refractivity contribution >= 4 is 17.3 Å². The number of hydrogen-bond donors (Lipinski definition) is 1. The van der Waals surface area contributed by atoms with Crippen molar-refractivity contribution in [3.63, 3.8) is 0 Å². The Hall–Kier alpha value is -2.11. The van der Waals surface area contributed by atoms with E-state index in [9.17, 15) is 14.9 Å². The Labute approximate surface area is 124 Å². The Morgan fingerprint density at radius 2 is 2.14 bits per heavy atom. The van der Waals surface area contributed by atoms with E-state index in [1.165, 1.54) is 12.1 Å². The first-order valence-corrected chi connectivity index (χ1v) is 7.23. The van der Waals surface area contributed by atoms with E-state index < -0.39 is 4.92 Å². The molecule has 2 rings (SSSR count). The second-order valence-electron chi connectivity index (χ2n) is 5.60. The average Bonchev–Trinajstić information content (AvgIpc) is 2.48. The lowest BCUT2D eigenvalue weighted by atomic mass is 9.91. The summed E-state index contributed by atoms with van der Waals surface area (Å²) < 4.78 is 0. The molecule has 1 amide bonds. The third-order valence-electron chi connectivity index (χ3n) is 4.35. The van der Waals surface area contributed by atoms with Crippen LogP contribution in [0.3, 0.4) is 0 Å². The SMILES string of the molecule is CNc1ccc([N+](=O)[O-])cc1C(=O)N1CCCC(C)C1C. The molecule has 0 saturated carbocycles. The minimum absolute atomic E-state index is 0.0601. The standard InChI is InChI=1S/C15H21N3O3/c1-10-5-4-8-17(11(10)2)15(19)13-9-12(18(20)21)6-7-14(13)16-3/h6-7,9-11,16H,4-5,8H2,1-3H3. The summed E-state index contributed by atoms with van der Waals surface area (Å²) in [5, 5.41) is 13.9. The zero-order valence-electron chi connectivity index (χ0n) is 12.6. The fourth-order valence-electron chi connectivity index (χ4n) is 2.82. The second kappa shape index (κ2) is 6.11. The largest absolute Gasteiger partial charge is 0.387 e. The van der Waals surface area contributed by atoms with Gasteiger partial charge in [-0.25, -0.2) is 0 Å². The van der Waals surface area contributed by atoms with E-state index >= 15 is 0 Å². The molecule has 1 fully saturated rings. The first-order chi connectivity index (χ1) is 9.95. The summed E-state index contributed by atoms with van der Waals surface area (Å²) in [6.45, 7) is 4.88. The highest BCUT2D eigenvalue weighted by Crippen LogP contribution is 2.28. The number of piperidine rings is 1. The topological polar surface area (TPSA) is 75.5 Å². The van der Waals surface area contributed by atoms with E-state index in [4.69, 9.17) is 0 Å². The van der Waals surface area contributed by atoms with Crippen molar-refractivity contribution in [1.82, 2.24) is 4.90 Å². The van der Waals surface area contributed by atoms with Crippen LogP contribution in [0.5, 0.6) is 0 Å². The summed E-state index contributed by atoms with van der Waals surface area (Å²) >= 11 is 0. The molecular formula is C15H21N3O3. The fraction of sp³-hybridized carbons (Fsp3) is 0.533. The Balaban J connectivity index is 2.37. The number of carbonyl (C=O) groups excluding carboxylic acids is 1. The van der Waals surface area contributed by atoms with Crippen LogP contribution >= 0.6 is 0 Å². The van der Waals surface area contributed by atoms with E-state index in [0.29, 0.717) is 23.7 Å². The quantitative estimate of drug-likeness (QED) is 0.686. The smallest absolute Gasteiger partial charge is 0.270 e. The molecule has 114 valence electrons. The highest BCUT2D eigenvalue weighted by Gasteiger charge is 2.30. The molecular weight excluding hydrogens is 270 g/mol. The predicted molar refractivity (Wildman–Crippen MR) is 81.5 cm³/mol. The Kier molecular flexibility index (Phi) is 4.45. The van der Waals surface area contributed by atoms with E-state index in [1.54, 1.807) is 13.1 Å². The van der Waals surface area contributed by atoms with Crippen molar-refractivity contribution in [3.8, 4) is 0 Å². The van der Waals surface area contributed by atoms with Gasteiger partial charge in [-0.15, -0.1) is 0 Å². The van der Waals surface area contributed by atoms with Crippen molar-refractivity contribution in [3.05, 3.63) is 33.9 Å². The van der Waals surface area contributed by atoms with Crippen LogP contribution in [0.1, 0.15) is 37.0 Å². The molecule has 1 saturated heterocycles. The number of hydrogen-bond acceptors (Lipinski definition) is 4. The first kappa shape index (κ1) is 15.3. The molecule has 1 heterocycles. The lowest BCUT2D eigenvalue weighted by molar-refractivity contribution is -0.384. The molecule has 21 heavy (non-hydrogen) atoms. The maximum absolute atomic E-state index is 12.8. The molecule has 1 aliphatic rings. The second-order valence-corrected chi connectivity index (χ2v) is 5.60. The molecule has 2 atom stereocenters. The van der Waals surface area contributed by atoms with Gasteiger partial charge in [0.15, 0.2) is 0 Å². The summed E-state index contributed by atoms with van der Waals surface area (Å²) in [7, 11) is 1.71. The molecule has 1 aromatic rings. The highest BCUT2D eigenvalue weighted by molar-refractivity contribution is 6.00. The van der Waals surface area contributed by atoms with Gasteiger partial charge in [0.25, 0.3) is 11.6 Å². The summed E-state index contributed by atoms with van der Waals surface area (Å²) in [4.78, 5) is 25.1. The zero-order chi connectivity index (χ0) is 15.6. The predicted octanol–water partition coefficient (Wildman–Crippen LogP) is 2.90. The third kappa shape index (κ3) is 2.99. The third-order valence-corrected chi connectivity index (χ3v) is 4.35. The van der Waals surface area contributed by atoms with Gasteiger partial charge in [0.1, 0.15) is 0 Å². The fourth-order valence-corrected chi connectivity index (χ4v) is 2.82. The van der Waals surface area contributed by atoms with Crippen molar-refractivity contribution in [2.75, 3.05) is 18.9 Å². The van der Waals surface area contributed by atoms with Crippen LogP contribution in [-0.2, 0) is 0 Å². The van der Waals surface area contributed by atoms with Crippen LogP contribution in [0.4, 0.5) is 11.4 Å². The maximum Gasteiger partial charge on any atom is 0.270 e. The van der Waals surface area contributed by atoms with Crippen molar-refractivity contribution in [2.24, 2.45) is 5.92 Å². The van der Waals surface area contributed by atoms with Crippen LogP contribution < -0.4 is 5.32 Å². The molecule has 0 bridgehead atoms. The number of nitro groups is 1. The Morgan fingerprint density at radius 3 is 2.76 bits per heavy atom. The van der Waals surface area contributed by atoms with E-state index in [0.717, 1.165) is 12.8 Å². The number of rotatable bonds is 3. The summed E-state index contributed by atoms with van der Waals surface area (Å²) in [6, 6.07) is 4.50. The number of nitro benzene ring substituents is 1. The van der Waals surface area contributed by atoms with Crippen molar-refractivity contribution in [1.29, 1.82) is 0 Å². The number of anilines is 1. The zero-order valence-corrected chi connectivity index (χ0v) is 12.6. The van der Waals surface area contributed by atoms with Crippen molar-refractivity contribution in [2.45, 2.75) is 32.7 Å². The number of carbonyl (C=O) groups is 1. The van der Waals surface area contributed by atoms with Crippen LogP contribution in [0, 0.1) is 16.0 Å². The molecule has 2 unspecified atom stereocenters. The lowest BCUT2D eigenvalue weighted by Crippen LogP contribution is -2.46. The molecule has 1 aliphatic heterocycles. The monoisotopic (exact) mass is 291 g/mol. The van der Waals surface area contributed by atoms with E-state index in [-0.39, 0.29) is 17.6 Å². The minimum atomic E-state index is -0.474. The minimum Gasteiger partial charge on any atom is -0.387 e. The Morgan fingerprint density at radius 1 is 1.43 bits per heavy atom. The number of nitrogens with one attached hydrogen (secondary N) is 1. The van der Waals surface area contributed by atoms with Gasteiger partial charge in [-0.3, -0.25) is 14.9 Å². The first-order valence-electron chi connectivity index (χ1n) is 7.23. The molecule has 0 radical (unpaired) electrons. The van der Waals surface area contributed by atoms with Gasteiger partial charge in [0.2, 0.25) is 0 Å². The summed E-state index contributed by atoms with van der Waals surface area (Å²) in [5.41, 5.74) is 0.929. The van der Waals surface area contributed by atoms with Crippen LogP contribution in [-0.4, -0.2) is 35.4 Å². The number of non-ortho nitro benzene ring substituents is 1. The van der Waals surface area contributed by atoms with Crippen LogP contribution in [0.25, 0.3) is 0 Å². The summed E-state index contributed by atoms with van der Waals surface area (Å²) in [6.07, 6.45) is 2.08. The van der Waals surface area contributed by atoms with Crippen LogP contribution in [0.2, 0.25) is 0 Å². The molecule has 1 aromatic carbocycles. The van der Waals surface area contributed by atoms with Crippen molar-refractivity contribution < 1.29 is 9.72 Å². The number of nitrogens with zero attached hydrogens (tertiary/aromatic N) is 2. The maximum atomic E-state index is 12.8. The molecule has 1 N–H and O–H groups in total. The number of amides is 1. The van der Waals surface area contributed by atoms with Gasteiger partial charge in [-0.05, 0) is 31.7 Å². The average molecular weight is 291 g/mol. The number of likely N-dealkylation sites (tertiary alicyclic amines) is 1. The lowest BCUT2D eigenvalue weighted by Gasteiger charge is -2.38. The molecule has 0 aliphatic carbocycles. The van der Waals surface area contributed by atoms with Gasteiger partial charge in [-0.2, -0.15) is 0 Å². The van der Waals surface area contributed by atoms with Gasteiger partial charge in [-0.1, -0.05) is 6.92 Å². The Bertz CT molecular complexity index is 559. The molecule has 0 spiro atoms. The molecule has 6 heteroatoms. The van der Waals surface area contributed by atoms with Gasteiger partial charge in [0.05, 0.1) is 10.5 Å². The number of benzene rings is 1. The normalized spacial score (nSPS) is 22.0. The van der Waals surface area contributed by atoms with E-state index in [2.05, 4.69) is 12.2 Å². The van der Waals surface area contributed by atoms with Gasteiger partial charge in [0, 0.05) is 37.5 Å². The van der Waals surface area contributed by atoms with E-state index in [1.807, 2.05) is 11.8 Å². The molecule has 6 nitrogen and oxygen atoms in total. The highest BCUT2D eigenvalue weighted by atomic mass is 16.6. The van der Waals surface area contributed by atoms with Gasteiger partial charge < -0.3 is 10.2 Å². The van der Waals surface area contributed by atoms with Gasteiger partial charge >= 0.3 is 0 Å². The summed E-state index contributed by atoms with van der Waals surface area (Å²) in [5.74, 6) is 0.307. The van der Waals surface area contributed by atoms with Crippen LogP contribution in [0.15, 0.2) is 18.2 Å².